The molecular weight excluding hydrogens is 568 g/mol. The Kier molecular flexibility index (Phi) is 10.2. The van der Waals surface area contributed by atoms with Crippen LogP contribution in [0.25, 0.3) is 0 Å². The van der Waals surface area contributed by atoms with Gasteiger partial charge in [-0.2, -0.15) is 0 Å². The van der Waals surface area contributed by atoms with Crippen LogP contribution >= 0.6 is 23.2 Å². The summed E-state index contributed by atoms with van der Waals surface area (Å²) in [7, 11) is -2.85. The Hall–Kier alpha value is -3.34. The Balaban J connectivity index is 2.04. The van der Waals surface area contributed by atoms with Crippen LogP contribution in [0.15, 0.2) is 71.6 Å². The smallest absolute Gasteiger partial charge is 0.264 e. The quantitative estimate of drug-likeness (QED) is 0.340. The van der Waals surface area contributed by atoms with Gasteiger partial charge in [0, 0.05) is 23.1 Å². The van der Waals surface area contributed by atoms with Gasteiger partial charge >= 0.3 is 0 Å². The molecule has 0 bridgehead atoms. The second-order valence-corrected chi connectivity index (χ2v) is 11.2. The zero-order chi connectivity index (χ0) is 28.7. The lowest BCUT2D eigenvalue weighted by Crippen LogP contribution is -2.51. The van der Waals surface area contributed by atoms with Crippen molar-refractivity contribution in [2.75, 3.05) is 24.5 Å². The molecule has 39 heavy (non-hydrogen) atoms. The number of nitrogens with zero attached hydrogens (tertiary/aromatic N) is 2. The third-order valence-corrected chi connectivity index (χ3v) is 8.29. The zero-order valence-electron chi connectivity index (χ0n) is 21.5. The topological polar surface area (TPSA) is 96.0 Å². The minimum Gasteiger partial charge on any atom is -0.497 e. The molecule has 0 saturated carbocycles. The Morgan fingerprint density at radius 3 is 2.23 bits per heavy atom. The first kappa shape index (κ1) is 30.2. The number of amides is 2. The molecule has 208 valence electrons. The van der Waals surface area contributed by atoms with Gasteiger partial charge in [-0.1, -0.05) is 29.3 Å². The van der Waals surface area contributed by atoms with Gasteiger partial charge in [0.25, 0.3) is 10.0 Å². The summed E-state index contributed by atoms with van der Waals surface area (Å²) in [5, 5.41) is 3.35. The molecule has 0 unspecified atom stereocenters. The first-order chi connectivity index (χ1) is 18.5. The molecule has 0 aliphatic rings. The van der Waals surface area contributed by atoms with Gasteiger partial charge in [-0.15, -0.1) is 0 Å². The second kappa shape index (κ2) is 13.1. The fraction of sp³-hybridized carbons (Fsp3) is 0.259. The minimum absolute atomic E-state index is 0.0655. The normalized spacial score (nSPS) is 11.9. The molecule has 0 aliphatic carbocycles. The molecule has 12 heteroatoms. The maximum absolute atomic E-state index is 13.8. The lowest BCUT2D eigenvalue weighted by molar-refractivity contribution is -0.139. The van der Waals surface area contributed by atoms with E-state index in [4.69, 9.17) is 27.9 Å². The first-order valence-corrected chi connectivity index (χ1v) is 14.1. The number of ether oxygens (including phenoxy) is 1. The van der Waals surface area contributed by atoms with Crippen LogP contribution in [0.5, 0.6) is 5.75 Å². The second-order valence-electron chi connectivity index (χ2n) is 8.49. The summed E-state index contributed by atoms with van der Waals surface area (Å²) < 4.78 is 47.2. The number of carbonyl (C=O) groups excluding carboxylic acids is 2. The van der Waals surface area contributed by atoms with Gasteiger partial charge in [-0.05, 0) is 80.1 Å². The molecular formula is C27H28Cl2FN3O5S. The number of methoxy groups -OCH3 is 1. The molecule has 0 aromatic heterocycles. The summed E-state index contributed by atoms with van der Waals surface area (Å²) in [5.74, 6) is -1.24. The Bertz CT molecular complexity index is 1420. The molecule has 3 aromatic carbocycles. The number of rotatable bonds is 11. The maximum Gasteiger partial charge on any atom is 0.264 e. The van der Waals surface area contributed by atoms with Crippen molar-refractivity contribution in [1.29, 1.82) is 0 Å². The van der Waals surface area contributed by atoms with Crippen molar-refractivity contribution in [1.82, 2.24) is 10.2 Å². The highest BCUT2D eigenvalue weighted by Crippen LogP contribution is 2.27. The summed E-state index contributed by atoms with van der Waals surface area (Å²) in [6, 6.07) is 14.1. The zero-order valence-corrected chi connectivity index (χ0v) is 23.9. The summed E-state index contributed by atoms with van der Waals surface area (Å²) in [4.78, 5) is 27.7. The molecule has 3 aromatic rings. The van der Waals surface area contributed by atoms with Gasteiger partial charge in [0.2, 0.25) is 11.8 Å². The molecule has 1 N–H and O–H groups in total. The van der Waals surface area contributed by atoms with Crippen LogP contribution in [-0.2, 0) is 26.2 Å². The number of sulfonamides is 1. The van der Waals surface area contributed by atoms with Gasteiger partial charge in [0.15, 0.2) is 0 Å². The first-order valence-electron chi connectivity index (χ1n) is 11.9. The Morgan fingerprint density at radius 1 is 1.03 bits per heavy atom. The standard InChI is InChI=1S/C27H28Cl2FN3O5S/c1-4-31-27(35)18(2)32(16-19-5-6-20(28)15-25(19)29)26(34)17-33(22-9-7-21(30)8-10-22)39(36,37)24-13-11-23(38-3)12-14-24/h5-15,18H,4,16-17H2,1-3H3,(H,31,35)/t18-/m0/s1. The van der Waals surface area contributed by atoms with Crippen LogP contribution in [0.3, 0.4) is 0 Å². The number of likely N-dealkylation sites (N-methyl/N-ethyl adjacent to an activating group) is 1. The van der Waals surface area contributed by atoms with E-state index in [0.29, 0.717) is 22.9 Å². The summed E-state index contributed by atoms with van der Waals surface area (Å²) >= 11 is 12.4. The van der Waals surface area contributed by atoms with E-state index in [1.165, 1.54) is 61.4 Å². The molecule has 0 aliphatic heterocycles. The number of benzene rings is 3. The molecule has 3 rings (SSSR count). The van der Waals surface area contributed by atoms with E-state index in [1.807, 2.05) is 0 Å². The van der Waals surface area contributed by atoms with E-state index >= 15 is 0 Å². The molecule has 0 heterocycles. The van der Waals surface area contributed by atoms with Crippen LogP contribution in [0, 0.1) is 5.82 Å². The van der Waals surface area contributed by atoms with Crippen molar-refractivity contribution in [2.24, 2.45) is 0 Å². The number of nitrogens with one attached hydrogen (secondary N) is 1. The van der Waals surface area contributed by atoms with E-state index in [2.05, 4.69) is 5.32 Å². The molecule has 0 saturated heterocycles. The lowest BCUT2D eigenvalue weighted by atomic mass is 10.1. The van der Waals surface area contributed by atoms with Crippen LogP contribution in [0.2, 0.25) is 10.0 Å². The van der Waals surface area contributed by atoms with E-state index in [0.717, 1.165) is 16.4 Å². The molecule has 0 radical (unpaired) electrons. The fourth-order valence-electron chi connectivity index (χ4n) is 3.75. The minimum atomic E-state index is -4.30. The van der Waals surface area contributed by atoms with E-state index in [9.17, 15) is 22.4 Å². The van der Waals surface area contributed by atoms with Gasteiger partial charge in [-0.3, -0.25) is 13.9 Å². The highest BCUT2D eigenvalue weighted by Gasteiger charge is 2.32. The van der Waals surface area contributed by atoms with Crippen LogP contribution in [0.1, 0.15) is 19.4 Å². The predicted octanol–water partition coefficient (Wildman–Crippen LogP) is 4.89. The predicted molar refractivity (Wildman–Crippen MR) is 149 cm³/mol. The Morgan fingerprint density at radius 2 is 1.67 bits per heavy atom. The van der Waals surface area contributed by atoms with Gasteiger partial charge in [-0.25, -0.2) is 12.8 Å². The average Bonchev–Trinajstić information content (AvgIpc) is 2.91. The van der Waals surface area contributed by atoms with E-state index < -0.39 is 40.2 Å². The fourth-order valence-corrected chi connectivity index (χ4v) is 5.63. The van der Waals surface area contributed by atoms with Crippen LogP contribution < -0.4 is 14.4 Å². The molecule has 0 fully saturated rings. The SMILES string of the molecule is CCNC(=O)[C@H](C)N(Cc1ccc(Cl)cc1Cl)C(=O)CN(c1ccc(F)cc1)S(=O)(=O)c1ccc(OC)cc1. The molecule has 8 nitrogen and oxygen atoms in total. The summed E-state index contributed by atoms with van der Waals surface area (Å²) in [6.45, 7) is 2.85. The third-order valence-electron chi connectivity index (χ3n) is 5.92. The van der Waals surface area contributed by atoms with Crippen molar-refractivity contribution in [2.45, 2.75) is 31.3 Å². The van der Waals surface area contributed by atoms with E-state index in [-0.39, 0.29) is 22.2 Å². The van der Waals surface area contributed by atoms with E-state index in [1.54, 1.807) is 19.1 Å². The number of anilines is 1. The monoisotopic (exact) mass is 595 g/mol. The van der Waals surface area contributed by atoms with Crippen LogP contribution in [-0.4, -0.2) is 51.4 Å². The number of carbonyl (C=O) groups is 2. The number of hydrogen-bond acceptors (Lipinski definition) is 5. The molecule has 0 spiro atoms. The summed E-state index contributed by atoms with van der Waals surface area (Å²) in [5.41, 5.74) is 0.576. The van der Waals surface area contributed by atoms with Crippen molar-refractivity contribution in [3.63, 3.8) is 0 Å². The highest BCUT2D eigenvalue weighted by molar-refractivity contribution is 7.92. The van der Waals surface area contributed by atoms with Crippen molar-refractivity contribution < 1.29 is 27.1 Å². The Labute approximate surface area is 237 Å². The van der Waals surface area contributed by atoms with Gasteiger partial charge < -0.3 is 15.0 Å². The maximum atomic E-state index is 13.8. The largest absolute Gasteiger partial charge is 0.497 e. The van der Waals surface area contributed by atoms with Crippen molar-refractivity contribution in [3.05, 3.63) is 88.2 Å². The number of hydrogen-bond donors (Lipinski definition) is 1. The van der Waals surface area contributed by atoms with Crippen molar-refractivity contribution in [3.8, 4) is 5.75 Å². The van der Waals surface area contributed by atoms with Gasteiger partial charge in [0.1, 0.15) is 24.2 Å². The van der Waals surface area contributed by atoms with Crippen molar-refractivity contribution >= 4 is 50.7 Å². The molecule has 1 atom stereocenters. The summed E-state index contributed by atoms with van der Waals surface area (Å²) in [6.07, 6.45) is 0. The lowest BCUT2D eigenvalue weighted by Gasteiger charge is -2.32. The number of halogens is 3. The average molecular weight is 597 g/mol. The van der Waals surface area contributed by atoms with Gasteiger partial charge in [0.05, 0.1) is 17.7 Å². The molecule has 2 amide bonds. The van der Waals surface area contributed by atoms with Crippen LogP contribution in [0.4, 0.5) is 10.1 Å². The highest BCUT2D eigenvalue weighted by atomic mass is 35.5. The third kappa shape index (κ3) is 7.40.